The lowest BCUT2D eigenvalue weighted by Gasteiger charge is -2.18. The molecule has 2 heteroatoms. The molecule has 0 saturated heterocycles. The second-order valence-electron chi connectivity index (χ2n) is 6.95. The Morgan fingerprint density at radius 3 is 1.37 bits per heavy atom. The van der Waals surface area contributed by atoms with E-state index in [1.807, 2.05) is 48.5 Å². The second kappa shape index (κ2) is 9.06. The Labute approximate surface area is 177 Å². The maximum Gasteiger partial charge on any atom is 0.150 e. The monoisotopic (exact) mass is 390 g/mol. The number of methoxy groups -OCH3 is 1. The van der Waals surface area contributed by atoms with Crippen molar-refractivity contribution in [3.63, 3.8) is 0 Å². The van der Waals surface area contributed by atoms with E-state index in [-0.39, 0.29) is 0 Å². The Balaban J connectivity index is 2.05. The van der Waals surface area contributed by atoms with Crippen molar-refractivity contribution < 1.29 is 9.53 Å². The Kier molecular flexibility index (Phi) is 5.86. The molecular formula is C28H22O2. The summed E-state index contributed by atoms with van der Waals surface area (Å²) in [7, 11) is 1.67. The van der Waals surface area contributed by atoms with Gasteiger partial charge < -0.3 is 4.74 Å². The highest BCUT2D eigenvalue weighted by Gasteiger charge is 2.16. The molecule has 4 aromatic carbocycles. The van der Waals surface area contributed by atoms with Gasteiger partial charge in [-0.05, 0) is 45.5 Å². The van der Waals surface area contributed by atoms with Crippen molar-refractivity contribution in [1.29, 1.82) is 0 Å². The van der Waals surface area contributed by atoms with Crippen LogP contribution in [-0.2, 0) is 0 Å². The minimum absolute atomic E-state index is 0.661. The predicted octanol–water partition coefficient (Wildman–Crippen LogP) is 6.52. The summed E-state index contributed by atoms with van der Waals surface area (Å²) < 4.78 is 5.36. The molecule has 0 bridgehead atoms. The molecule has 0 spiro atoms. The van der Waals surface area contributed by atoms with Crippen LogP contribution < -0.4 is 4.74 Å². The number of carbonyl (C=O) groups excluding carboxylic acids is 1. The molecule has 0 aromatic heterocycles. The van der Waals surface area contributed by atoms with Gasteiger partial charge in [-0.2, -0.15) is 0 Å². The van der Waals surface area contributed by atoms with Crippen molar-refractivity contribution in [3.8, 4) is 5.75 Å². The van der Waals surface area contributed by atoms with Crippen LogP contribution >= 0.6 is 0 Å². The van der Waals surface area contributed by atoms with E-state index in [0.717, 1.165) is 45.4 Å². The first-order valence-electron chi connectivity index (χ1n) is 9.85. The molecule has 0 radical (unpaired) electrons. The molecule has 2 nitrogen and oxygen atoms in total. The van der Waals surface area contributed by atoms with Gasteiger partial charge in [-0.25, -0.2) is 0 Å². The highest BCUT2D eigenvalue weighted by Crippen LogP contribution is 2.37. The van der Waals surface area contributed by atoms with Gasteiger partial charge in [0.1, 0.15) is 12.0 Å². The van der Waals surface area contributed by atoms with Crippen LogP contribution in [0.25, 0.3) is 11.1 Å². The highest BCUT2D eigenvalue weighted by atomic mass is 16.5. The zero-order chi connectivity index (χ0) is 20.8. The molecule has 0 unspecified atom stereocenters. The van der Waals surface area contributed by atoms with E-state index in [2.05, 4.69) is 60.7 Å². The van der Waals surface area contributed by atoms with E-state index in [1.54, 1.807) is 7.11 Å². The van der Waals surface area contributed by atoms with Crippen LogP contribution in [0.5, 0.6) is 5.75 Å². The SMILES string of the molecule is COc1ccc(C(=C(c2ccccc2)c2ccccc2)c2ccc(C=O)cc2)cc1. The first-order valence-corrected chi connectivity index (χ1v) is 9.85. The molecule has 0 aliphatic carbocycles. The van der Waals surface area contributed by atoms with Crippen LogP contribution in [-0.4, -0.2) is 13.4 Å². The van der Waals surface area contributed by atoms with Crippen LogP contribution in [0.3, 0.4) is 0 Å². The van der Waals surface area contributed by atoms with Crippen LogP contribution in [0.1, 0.15) is 32.6 Å². The fourth-order valence-electron chi connectivity index (χ4n) is 3.61. The van der Waals surface area contributed by atoms with E-state index >= 15 is 0 Å². The van der Waals surface area contributed by atoms with Crippen LogP contribution in [0.4, 0.5) is 0 Å². The number of aldehydes is 1. The van der Waals surface area contributed by atoms with Crippen molar-refractivity contribution in [2.45, 2.75) is 0 Å². The summed E-state index contributed by atoms with van der Waals surface area (Å²) in [6.07, 6.45) is 0.871. The predicted molar refractivity (Wildman–Crippen MR) is 123 cm³/mol. The van der Waals surface area contributed by atoms with Crippen LogP contribution in [0, 0.1) is 0 Å². The first-order chi connectivity index (χ1) is 14.8. The molecule has 4 rings (SSSR count). The number of rotatable bonds is 6. The van der Waals surface area contributed by atoms with E-state index in [4.69, 9.17) is 4.74 Å². The van der Waals surface area contributed by atoms with Gasteiger partial charge in [0.2, 0.25) is 0 Å². The molecule has 0 amide bonds. The lowest BCUT2D eigenvalue weighted by Crippen LogP contribution is -1.98. The van der Waals surface area contributed by atoms with Crippen molar-refractivity contribution in [2.24, 2.45) is 0 Å². The molecule has 0 aliphatic heterocycles. The van der Waals surface area contributed by atoms with Gasteiger partial charge in [-0.1, -0.05) is 97.1 Å². The Hall–Kier alpha value is -3.91. The number of ether oxygens (including phenoxy) is 1. The standard InChI is InChI=1S/C28H22O2/c1-30-26-18-16-25(17-19-26)28(24-14-12-21(20-29)13-15-24)27(22-8-4-2-5-9-22)23-10-6-3-7-11-23/h2-20H,1H3. The van der Waals surface area contributed by atoms with Crippen LogP contribution in [0.2, 0.25) is 0 Å². The van der Waals surface area contributed by atoms with Crippen LogP contribution in [0.15, 0.2) is 109 Å². The molecule has 4 aromatic rings. The first kappa shape index (κ1) is 19.4. The summed E-state index contributed by atoms with van der Waals surface area (Å²) in [5, 5.41) is 0. The van der Waals surface area contributed by atoms with Crippen molar-refractivity contribution in [1.82, 2.24) is 0 Å². The normalized spacial score (nSPS) is 10.3. The maximum atomic E-state index is 11.2. The van der Waals surface area contributed by atoms with Crippen molar-refractivity contribution in [2.75, 3.05) is 7.11 Å². The fourth-order valence-corrected chi connectivity index (χ4v) is 3.61. The quantitative estimate of drug-likeness (QED) is 0.277. The van der Waals surface area contributed by atoms with E-state index in [1.165, 1.54) is 0 Å². The minimum Gasteiger partial charge on any atom is -0.497 e. The Morgan fingerprint density at radius 1 is 0.567 bits per heavy atom. The van der Waals surface area contributed by atoms with Gasteiger partial charge in [0, 0.05) is 5.56 Å². The summed E-state index contributed by atoms with van der Waals surface area (Å²) in [4.78, 5) is 11.2. The lowest BCUT2D eigenvalue weighted by molar-refractivity contribution is 0.112. The molecule has 0 saturated carbocycles. The van der Waals surface area contributed by atoms with Crippen molar-refractivity contribution in [3.05, 3.63) is 137 Å². The highest BCUT2D eigenvalue weighted by molar-refractivity contribution is 6.04. The number of hydrogen-bond acceptors (Lipinski definition) is 2. The topological polar surface area (TPSA) is 26.3 Å². The molecule has 0 aliphatic rings. The summed E-state index contributed by atoms with van der Waals surface area (Å²) in [6.45, 7) is 0. The maximum absolute atomic E-state index is 11.2. The van der Waals surface area contributed by atoms with Gasteiger partial charge in [0.25, 0.3) is 0 Å². The number of carbonyl (C=O) groups is 1. The average molecular weight is 390 g/mol. The smallest absolute Gasteiger partial charge is 0.150 e. The van der Waals surface area contributed by atoms with Crippen molar-refractivity contribution >= 4 is 17.4 Å². The third-order valence-electron chi connectivity index (χ3n) is 5.09. The largest absolute Gasteiger partial charge is 0.497 e. The fraction of sp³-hybridized carbons (Fsp3) is 0.0357. The number of benzene rings is 4. The van der Waals surface area contributed by atoms with Gasteiger partial charge in [-0.3, -0.25) is 4.79 Å². The average Bonchev–Trinajstić information content (AvgIpc) is 2.84. The second-order valence-corrected chi connectivity index (χ2v) is 6.95. The number of hydrogen-bond donors (Lipinski definition) is 0. The Morgan fingerprint density at radius 2 is 0.967 bits per heavy atom. The van der Waals surface area contributed by atoms with E-state index < -0.39 is 0 Å². The zero-order valence-corrected chi connectivity index (χ0v) is 16.8. The summed E-state index contributed by atoms with van der Waals surface area (Å²) in [5.41, 5.74) is 7.30. The zero-order valence-electron chi connectivity index (χ0n) is 16.8. The van der Waals surface area contributed by atoms with Gasteiger partial charge in [0.15, 0.2) is 0 Å². The minimum atomic E-state index is 0.661. The molecule has 0 atom stereocenters. The molecule has 146 valence electrons. The summed E-state index contributed by atoms with van der Waals surface area (Å²) in [6, 6.07) is 36.6. The third-order valence-corrected chi connectivity index (χ3v) is 5.09. The van der Waals surface area contributed by atoms with E-state index in [0.29, 0.717) is 5.56 Å². The van der Waals surface area contributed by atoms with Gasteiger partial charge in [-0.15, -0.1) is 0 Å². The van der Waals surface area contributed by atoms with Gasteiger partial charge >= 0.3 is 0 Å². The molecule has 0 N–H and O–H groups in total. The summed E-state index contributed by atoms with van der Waals surface area (Å²) in [5.74, 6) is 0.815. The third kappa shape index (κ3) is 4.08. The molecular weight excluding hydrogens is 368 g/mol. The summed E-state index contributed by atoms with van der Waals surface area (Å²) >= 11 is 0. The Bertz CT molecular complexity index is 1100. The molecule has 0 fully saturated rings. The molecule has 0 heterocycles. The molecule has 30 heavy (non-hydrogen) atoms. The van der Waals surface area contributed by atoms with Gasteiger partial charge in [0.05, 0.1) is 7.11 Å². The lowest BCUT2D eigenvalue weighted by atomic mass is 9.85. The van der Waals surface area contributed by atoms with E-state index in [9.17, 15) is 4.79 Å².